The molecule has 3 amide bonds. The van der Waals surface area contributed by atoms with Crippen LogP contribution in [0.3, 0.4) is 0 Å². The first kappa shape index (κ1) is 25.6. The van der Waals surface area contributed by atoms with Crippen LogP contribution < -0.4 is 20.4 Å². The van der Waals surface area contributed by atoms with Gasteiger partial charge in [0, 0.05) is 40.0 Å². The SMILES string of the molecule is CC(=O)NCC1CN(c2ccc(N3CCN(C(NC(C)=O)C(Cl)(Cl)Cl)CC3)c(F)c2)C(=O)O1. The van der Waals surface area contributed by atoms with Crippen molar-refractivity contribution >= 4 is 64.1 Å². The molecule has 2 heterocycles. The van der Waals surface area contributed by atoms with Crippen molar-refractivity contribution in [1.29, 1.82) is 0 Å². The van der Waals surface area contributed by atoms with Gasteiger partial charge in [-0.1, -0.05) is 34.8 Å². The molecule has 2 aliphatic heterocycles. The van der Waals surface area contributed by atoms with Crippen molar-refractivity contribution in [1.82, 2.24) is 15.5 Å². The molecule has 0 aliphatic carbocycles. The van der Waals surface area contributed by atoms with Crippen LogP contribution >= 0.6 is 34.8 Å². The fraction of sp³-hybridized carbons (Fsp3) is 0.550. The van der Waals surface area contributed by atoms with Gasteiger partial charge in [-0.05, 0) is 18.2 Å². The summed E-state index contributed by atoms with van der Waals surface area (Å²) in [6.07, 6.45) is -1.91. The molecule has 9 nitrogen and oxygen atoms in total. The first-order valence-corrected chi connectivity index (χ1v) is 11.4. The second-order valence-electron chi connectivity index (χ2n) is 7.86. The van der Waals surface area contributed by atoms with Crippen molar-refractivity contribution in [3.8, 4) is 0 Å². The van der Waals surface area contributed by atoms with E-state index in [0.29, 0.717) is 37.6 Å². The number of halogens is 4. The van der Waals surface area contributed by atoms with Gasteiger partial charge in [-0.3, -0.25) is 19.4 Å². The van der Waals surface area contributed by atoms with E-state index in [2.05, 4.69) is 10.6 Å². The molecule has 13 heteroatoms. The molecule has 33 heavy (non-hydrogen) atoms. The van der Waals surface area contributed by atoms with Gasteiger partial charge in [0.15, 0.2) is 0 Å². The molecule has 2 N–H and O–H groups in total. The van der Waals surface area contributed by atoms with Gasteiger partial charge in [0.2, 0.25) is 15.6 Å². The molecule has 0 spiro atoms. The number of nitrogens with zero attached hydrogens (tertiary/aromatic N) is 3. The molecule has 0 bridgehead atoms. The second-order valence-corrected chi connectivity index (χ2v) is 10.2. The molecule has 0 aromatic heterocycles. The summed E-state index contributed by atoms with van der Waals surface area (Å²) in [4.78, 5) is 39.7. The maximum absolute atomic E-state index is 15.0. The summed E-state index contributed by atoms with van der Waals surface area (Å²) in [6.45, 7) is 4.87. The average molecular weight is 525 g/mol. The van der Waals surface area contributed by atoms with Crippen LogP contribution in [0.5, 0.6) is 0 Å². The number of carbonyl (C=O) groups excluding carboxylic acids is 3. The number of alkyl halides is 3. The van der Waals surface area contributed by atoms with Gasteiger partial charge in [-0.2, -0.15) is 0 Å². The van der Waals surface area contributed by atoms with E-state index >= 15 is 0 Å². The van der Waals surface area contributed by atoms with Crippen molar-refractivity contribution in [2.75, 3.05) is 49.1 Å². The predicted octanol–water partition coefficient (Wildman–Crippen LogP) is 2.24. The van der Waals surface area contributed by atoms with E-state index in [0.717, 1.165) is 0 Å². The molecule has 0 saturated carbocycles. The number of hydrogen-bond donors (Lipinski definition) is 2. The zero-order chi connectivity index (χ0) is 24.3. The summed E-state index contributed by atoms with van der Waals surface area (Å²) < 4.78 is 18.5. The zero-order valence-electron chi connectivity index (χ0n) is 18.1. The molecular weight excluding hydrogens is 500 g/mol. The molecule has 2 fully saturated rings. The second kappa shape index (κ2) is 10.5. The van der Waals surface area contributed by atoms with Crippen LogP contribution in [0.4, 0.5) is 20.6 Å². The number of piperazine rings is 1. The lowest BCUT2D eigenvalue weighted by atomic mass is 10.2. The highest BCUT2D eigenvalue weighted by molar-refractivity contribution is 6.68. The van der Waals surface area contributed by atoms with Crippen LogP contribution in [0.2, 0.25) is 0 Å². The maximum Gasteiger partial charge on any atom is 0.414 e. The largest absolute Gasteiger partial charge is 0.442 e. The third-order valence-corrected chi connectivity index (χ3v) is 5.99. The van der Waals surface area contributed by atoms with E-state index in [1.54, 1.807) is 12.1 Å². The van der Waals surface area contributed by atoms with Crippen molar-refractivity contribution in [2.45, 2.75) is 29.9 Å². The molecule has 2 unspecified atom stereocenters. The number of benzene rings is 1. The minimum atomic E-state index is -1.72. The molecule has 2 atom stereocenters. The van der Waals surface area contributed by atoms with Gasteiger partial charge in [0.1, 0.15) is 18.1 Å². The topological polar surface area (TPSA) is 94.2 Å². The highest BCUT2D eigenvalue weighted by Crippen LogP contribution is 2.34. The number of ether oxygens (including phenoxy) is 1. The lowest BCUT2D eigenvalue weighted by Gasteiger charge is -2.42. The van der Waals surface area contributed by atoms with Crippen LogP contribution in [-0.4, -0.2) is 78.1 Å². The van der Waals surface area contributed by atoms with Crippen LogP contribution in [0.1, 0.15) is 13.8 Å². The number of nitrogens with one attached hydrogen (secondary N) is 2. The normalized spacial score (nSPS) is 20.4. The number of carbonyl (C=O) groups is 3. The smallest absolute Gasteiger partial charge is 0.414 e. The fourth-order valence-electron chi connectivity index (χ4n) is 3.81. The number of amides is 3. The number of rotatable bonds is 6. The van der Waals surface area contributed by atoms with Gasteiger partial charge < -0.3 is 20.3 Å². The van der Waals surface area contributed by atoms with Crippen LogP contribution in [0.15, 0.2) is 18.2 Å². The Morgan fingerprint density at radius 3 is 2.39 bits per heavy atom. The lowest BCUT2D eigenvalue weighted by molar-refractivity contribution is -0.121. The number of hydrogen-bond acceptors (Lipinski definition) is 6. The Morgan fingerprint density at radius 2 is 1.85 bits per heavy atom. The van der Waals surface area contributed by atoms with Crippen molar-refractivity contribution in [2.24, 2.45) is 0 Å². The molecule has 0 radical (unpaired) electrons. The van der Waals surface area contributed by atoms with E-state index < -0.39 is 28.0 Å². The molecule has 2 aliphatic rings. The van der Waals surface area contributed by atoms with Crippen LogP contribution in [0.25, 0.3) is 0 Å². The van der Waals surface area contributed by atoms with E-state index in [1.807, 2.05) is 9.80 Å². The van der Waals surface area contributed by atoms with Gasteiger partial charge >= 0.3 is 6.09 Å². The summed E-state index contributed by atoms with van der Waals surface area (Å²) in [5.74, 6) is -1.04. The summed E-state index contributed by atoms with van der Waals surface area (Å²) in [6, 6.07) is 4.54. The highest BCUT2D eigenvalue weighted by Gasteiger charge is 2.39. The number of anilines is 2. The summed E-state index contributed by atoms with van der Waals surface area (Å²) in [5.41, 5.74) is 0.748. The van der Waals surface area contributed by atoms with Crippen molar-refractivity contribution < 1.29 is 23.5 Å². The van der Waals surface area contributed by atoms with E-state index in [-0.39, 0.29) is 24.9 Å². The van der Waals surface area contributed by atoms with Gasteiger partial charge in [-0.15, -0.1) is 0 Å². The van der Waals surface area contributed by atoms with Crippen molar-refractivity contribution in [3.05, 3.63) is 24.0 Å². The Balaban J connectivity index is 1.64. The summed E-state index contributed by atoms with van der Waals surface area (Å²) in [5, 5.41) is 5.24. The maximum atomic E-state index is 15.0. The van der Waals surface area contributed by atoms with E-state index in [4.69, 9.17) is 39.5 Å². The first-order chi connectivity index (χ1) is 15.5. The van der Waals surface area contributed by atoms with Gasteiger partial charge in [-0.25, -0.2) is 9.18 Å². The lowest BCUT2D eigenvalue weighted by Crippen LogP contribution is -2.60. The van der Waals surface area contributed by atoms with E-state index in [9.17, 15) is 18.8 Å². The monoisotopic (exact) mass is 523 g/mol. The van der Waals surface area contributed by atoms with Crippen molar-refractivity contribution in [3.63, 3.8) is 0 Å². The molecule has 182 valence electrons. The molecule has 2 saturated heterocycles. The fourth-order valence-corrected chi connectivity index (χ4v) is 4.39. The summed E-state index contributed by atoms with van der Waals surface area (Å²) in [7, 11) is 0. The number of cyclic esters (lactones) is 1. The molecular formula is C20H25Cl3FN5O4. The molecule has 1 aromatic rings. The third kappa shape index (κ3) is 6.53. The minimum absolute atomic E-state index is 0.191. The quantitative estimate of drug-likeness (QED) is 0.555. The zero-order valence-corrected chi connectivity index (χ0v) is 20.4. The van der Waals surface area contributed by atoms with Crippen LogP contribution in [0, 0.1) is 5.82 Å². The Kier molecular flexibility index (Phi) is 8.15. The first-order valence-electron chi connectivity index (χ1n) is 10.3. The Hall–Kier alpha value is -2.01. The Labute approximate surface area is 206 Å². The Bertz CT molecular complexity index is 908. The third-order valence-electron chi connectivity index (χ3n) is 5.37. The Morgan fingerprint density at radius 1 is 1.18 bits per heavy atom. The predicted molar refractivity (Wildman–Crippen MR) is 124 cm³/mol. The minimum Gasteiger partial charge on any atom is -0.442 e. The molecule has 3 rings (SSSR count). The molecule has 1 aromatic carbocycles. The summed E-state index contributed by atoms with van der Waals surface area (Å²) >= 11 is 18.1. The average Bonchev–Trinajstić information content (AvgIpc) is 3.10. The standard InChI is InChI=1S/C20H25Cl3FN5O4/c1-12(30)25-10-15-11-29(19(32)33-15)14-3-4-17(16(24)9-14)27-5-7-28(8-6-27)18(20(21,22)23)26-13(2)31/h3-4,9,15,18H,5-8,10-11H2,1-2H3,(H,25,30)(H,26,31). The van der Waals surface area contributed by atoms with Gasteiger partial charge in [0.25, 0.3) is 0 Å². The van der Waals surface area contributed by atoms with Crippen LogP contribution in [-0.2, 0) is 14.3 Å². The van der Waals surface area contributed by atoms with Gasteiger partial charge in [0.05, 0.1) is 24.5 Å². The highest BCUT2D eigenvalue weighted by atomic mass is 35.6. The van der Waals surface area contributed by atoms with E-state index in [1.165, 1.54) is 24.8 Å².